The van der Waals surface area contributed by atoms with Crippen molar-refractivity contribution < 1.29 is 32.3 Å². The molecule has 0 spiro atoms. The van der Waals surface area contributed by atoms with Crippen LogP contribution in [-0.4, -0.2) is 29.2 Å². The van der Waals surface area contributed by atoms with Gasteiger partial charge in [-0.2, -0.15) is 13.2 Å². The number of aliphatic carboxylic acids is 1. The number of carboxylic acids is 1. The van der Waals surface area contributed by atoms with Gasteiger partial charge >= 0.3 is 12.1 Å². The normalized spacial score (nSPS) is 13.1. The Labute approximate surface area is 99.6 Å². The number of carboxylic acid groups (broad SMARTS) is 1. The highest BCUT2D eigenvalue weighted by molar-refractivity contribution is 5.95. The summed E-state index contributed by atoms with van der Waals surface area (Å²) >= 11 is 0. The van der Waals surface area contributed by atoms with E-state index in [1.165, 1.54) is 19.3 Å². The van der Waals surface area contributed by atoms with Gasteiger partial charge in [-0.25, -0.2) is 4.79 Å². The fourth-order valence-corrected chi connectivity index (χ4v) is 1.26. The molecule has 0 aliphatic heterocycles. The van der Waals surface area contributed by atoms with Crippen LogP contribution >= 0.6 is 0 Å². The maximum absolute atomic E-state index is 12.1. The molecule has 0 aromatic carbocycles. The number of alkyl halides is 3. The average Bonchev–Trinajstić information content (AvgIpc) is 2.61. The molecule has 1 aromatic rings. The van der Waals surface area contributed by atoms with Crippen molar-refractivity contribution in [2.24, 2.45) is 0 Å². The monoisotopic (exact) mass is 265 g/mol. The number of carbonyl (C=O) groups is 2. The van der Waals surface area contributed by atoms with Crippen molar-refractivity contribution in [1.82, 2.24) is 5.32 Å². The standard InChI is InChI=1S/C10H10F3NO4/c1-5-2-3-18-7(5)8(15)14-6(9(16)17)4-10(11,12)13/h2-3,6H,4H2,1H3,(H,14,15)(H,16,17). The first-order valence-corrected chi connectivity index (χ1v) is 4.85. The summed E-state index contributed by atoms with van der Waals surface area (Å²) < 4.78 is 41.1. The number of halogens is 3. The van der Waals surface area contributed by atoms with Crippen LogP contribution in [0.25, 0.3) is 0 Å². The van der Waals surface area contributed by atoms with Crippen molar-refractivity contribution in [1.29, 1.82) is 0 Å². The zero-order valence-corrected chi connectivity index (χ0v) is 9.25. The number of rotatable bonds is 4. The second kappa shape index (κ2) is 5.11. The molecule has 1 amide bonds. The topological polar surface area (TPSA) is 79.5 Å². The lowest BCUT2D eigenvalue weighted by Gasteiger charge is -2.15. The van der Waals surface area contributed by atoms with Crippen LogP contribution in [0.2, 0.25) is 0 Å². The summed E-state index contributed by atoms with van der Waals surface area (Å²) in [6.07, 6.45) is -5.15. The summed E-state index contributed by atoms with van der Waals surface area (Å²) in [6, 6.07) is -0.601. The summed E-state index contributed by atoms with van der Waals surface area (Å²) in [6.45, 7) is 1.51. The van der Waals surface area contributed by atoms with Crippen LogP contribution in [0.4, 0.5) is 13.2 Å². The van der Waals surface area contributed by atoms with Gasteiger partial charge in [0.2, 0.25) is 0 Å². The minimum absolute atomic E-state index is 0.205. The van der Waals surface area contributed by atoms with E-state index < -0.39 is 30.5 Å². The first-order chi connectivity index (χ1) is 8.20. The number of aryl methyl sites for hydroxylation is 1. The van der Waals surface area contributed by atoms with Gasteiger partial charge in [-0.3, -0.25) is 4.79 Å². The van der Waals surface area contributed by atoms with Gasteiger partial charge in [-0.15, -0.1) is 0 Å². The van der Waals surface area contributed by atoms with E-state index in [2.05, 4.69) is 0 Å². The molecule has 1 heterocycles. The minimum Gasteiger partial charge on any atom is -0.480 e. The van der Waals surface area contributed by atoms with Crippen molar-refractivity contribution >= 4 is 11.9 Å². The van der Waals surface area contributed by atoms with Crippen molar-refractivity contribution in [3.05, 3.63) is 23.7 Å². The van der Waals surface area contributed by atoms with Crippen LogP contribution in [-0.2, 0) is 4.79 Å². The maximum Gasteiger partial charge on any atom is 0.391 e. The molecular formula is C10H10F3NO4. The summed E-state index contributed by atoms with van der Waals surface area (Å²) in [5.74, 6) is -2.96. The number of furan rings is 1. The molecule has 1 rings (SSSR count). The van der Waals surface area contributed by atoms with Crippen molar-refractivity contribution in [2.45, 2.75) is 25.6 Å². The Morgan fingerprint density at radius 1 is 1.50 bits per heavy atom. The van der Waals surface area contributed by atoms with E-state index in [1.54, 1.807) is 5.32 Å². The summed E-state index contributed by atoms with van der Waals surface area (Å²) in [7, 11) is 0. The molecule has 0 saturated heterocycles. The molecule has 0 aliphatic carbocycles. The second-order valence-corrected chi connectivity index (χ2v) is 3.62. The largest absolute Gasteiger partial charge is 0.480 e. The molecule has 8 heteroatoms. The molecule has 0 fully saturated rings. The quantitative estimate of drug-likeness (QED) is 0.868. The SMILES string of the molecule is Cc1ccoc1C(=O)NC(CC(F)(F)F)C(=O)O. The molecule has 1 atom stereocenters. The zero-order chi connectivity index (χ0) is 13.9. The van der Waals surface area contributed by atoms with E-state index in [-0.39, 0.29) is 5.76 Å². The summed E-state index contributed by atoms with van der Waals surface area (Å²) in [5.41, 5.74) is 0.406. The Kier molecular flexibility index (Phi) is 4.00. The van der Waals surface area contributed by atoms with E-state index in [4.69, 9.17) is 9.52 Å². The smallest absolute Gasteiger partial charge is 0.391 e. The predicted octanol–water partition coefficient (Wildman–Crippen LogP) is 1.72. The van der Waals surface area contributed by atoms with E-state index in [1.807, 2.05) is 0 Å². The molecule has 1 unspecified atom stereocenters. The lowest BCUT2D eigenvalue weighted by Crippen LogP contribution is -2.43. The number of carbonyl (C=O) groups excluding carboxylic acids is 1. The molecule has 0 saturated carbocycles. The maximum atomic E-state index is 12.1. The Morgan fingerprint density at radius 2 is 2.11 bits per heavy atom. The zero-order valence-electron chi connectivity index (χ0n) is 9.25. The van der Waals surface area contributed by atoms with Gasteiger partial charge in [-0.1, -0.05) is 0 Å². The van der Waals surface area contributed by atoms with Gasteiger partial charge in [0.05, 0.1) is 12.7 Å². The Balaban J connectivity index is 2.76. The van der Waals surface area contributed by atoms with Gasteiger partial charge < -0.3 is 14.8 Å². The van der Waals surface area contributed by atoms with E-state index in [0.29, 0.717) is 5.56 Å². The highest BCUT2D eigenvalue weighted by atomic mass is 19.4. The van der Waals surface area contributed by atoms with Crippen LogP contribution in [0.15, 0.2) is 16.7 Å². The third kappa shape index (κ3) is 3.79. The van der Waals surface area contributed by atoms with Gasteiger partial charge in [0.25, 0.3) is 5.91 Å². The molecule has 0 radical (unpaired) electrons. The molecule has 5 nitrogen and oxygen atoms in total. The average molecular weight is 265 g/mol. The number of amides is 1. The lowest BCUT2D eigenvalue weighted by molar-refractivity contribution is -0.157. The third-order valence-electron chi connectivity index (χ3n) is 2.11. The highest BCUT2D eigenvalue weighted by Gasteiger charge is 2.36. The first kappa shape index (κ1) is 14.1. The van der Waals surface area contributed by atoms with Crippen molar-refractivity contribution in [3.8, 4) is 0 Å². The van der Waals surface area contributed by atoms with Crippen molar-refractivity contribution in [2.75, 3.05) is 0 Å². The summed E-state index contributed by atoms with van der Waals surface area (Å²) in [5, 5.41) is 10.4. The fourth-order valence-electron chi connectivity index (χ4n) is 1.26. The number of hydrogen-bond donors (Lipinski definition) is 2. The molecule has 0 aliphatic rings. The minimum atomic E-state index is -4.69. The number of nitrogens with one attached hydrogen (secondary N) is 1. The molecule has 2 N–H and O–H groups in total. The molecular weight excluding hydrogens is 255 g/mol. The molecule has 1 aromatic heterocycles. The van der Waals surface area contributed by atoms with Crippen molar-refractivity contribution in [3.63, 3.8) is 0 Å². The Hall–Kier alpha value is -1.99. The Bertz CT molecular complexity index is 452. The molecule has 18 heavy (non-hydrogen) atoms. The van der Waals surface area contributed by atoms with Gasteiger partial charge in [0.1, 0.15) is 6.04 Å². The van der Waals surface area contributed by atoms with Gasteiger partial charge in [-0.05, 0) is 13.0 Å². The molecule has 0 bridgehead atoms. The fraction of sp³-hybridized carbons (Fsp3) is 0.400. The first-order valence-electron chi connectivity index (χ1n) is 4.85. The van der Waals surface area contributed by atoms with Crippen LogP contribution in [0.1, 0.15) is 22.5 Å². The van der Waals surface area contributed by atoms with Crippen LogP contribution in [0, 0.1) is 6.92 Å². The van der Waals surface area contributed by atoms with Crippen LogP contribution < -0.4 is 5.32 Å². The second-order valence-electron chi connectivity index (χ2n) is 3.62. The molecule has 100 valence electrons. The van der Waals surface area contributed by atoms with Gasteiger partial charge in [0.15, 0.2) is 5.76 Å². The third-order valence-corrected chi connectivity index (χ3v) is 2.11. The van der Waals surface area contributed by atoms with E-state index in [0.717, 1.165) is 0 Å². The van der Waals surface area contributed by atoms with E-state index in [9.17, 15) is 22.8 Å². The van der Waals surface area contributed by atoms with Crippen LogP contribution in [0.5, 0.6) is 0 Å². The van der Waals surface area contributed by atoms with Crippen LogP contribution in [0.3, 0.4) is 0 Å². The number of hydrogen-bond acceptors (Lipinski definition) is 3. The van der Waals surface area contributed by atoms with Gasteiger partial charge in [0, 0.05) is 5.56 Å². The Morgan fingerprint density at radius 3 is 2.50 bits per heavy atom. The lowest BCUT2D eigenvalue weighted by atomic mass is 10.2. The predicted molar refractivity (Wildman–Crippen MR) is 53.0 cm³/mol. The highest BCUT2D eigenvalue weighted by Crippen LogP contribution is 2.22. The summed E-state index contributed by atoms with van der Waals surface area (Å²) in [4.78, 5) is 22.1. The van der Waals surface area contributed by atoms with E-state index >= 15 is 0 Å².